The van der Waals surface area contributed by atoms with Crippen LogP contribution in [-0.4, -0.2) is 52.4 Å². The summed E-state index contributed by atoms with van der Waals surface area (Å²) in [6.45, 7) is 1.16. The van der Waals surface area contributed by atoms with Gasteiger partial charge in [-0.1, -0.05) is 76.6 Å². The lowest BCUT2D eigenvalue weighted by molar-refractivity contribution is -0.133. The highest BCUT2D eigenvalue weighted by atomic mass is 79.9. The molecule has 1 atom stereocenters. The molecule has 2 aromatic carbocycles. The van der Waals surface area contributed by atoms with Crippen molar-refractivity contribution >= 4 is 33.5 Å². The molecular formula is C22H24BrN3O2. The third kappa shape index (κ3) is 4.50. The summed E-state index contributed by atoms with van der Waals surface area (Å²) in [6.07, 6.45) is 1.76. The van der Waals surface area contributed by atoms with Gasteiger partial charge in [0.05, 0.1) is 24.7 Å². The number of carbonyl (C=O) groups is 2. The minimum Gasteiger partial charge on any atom is -0.332 e. The Balaban J connectivity index is 0.00000109. The minimum atomic E-state index is -0.160. The molecule has 0 saturated carbocycles. The Bertz CT molecular complexity index is 839. The van der Waals surface area contributed by atoms with E-state index in [9.17, 15) is 9.59 Å². The molecule has 6 heteroatoms. The maximum absolute atomic E-state index is 12.7. The average Bonchev–Trinajstić information content (AvgIpc) is 3.37. The molecule has 4 rings (SSSR count). The van der Waals surface area contributed by atoms with Gasteiger partial charge in [-0.05, 0) is 23.4 Å². The molecule has 1 saturated heterocycles. The number of benzene rings is 2. The van der Waals surface area contributed by atoms with Gasteiger partial charge in [0.2, 0.25) is 11.8 Å². The van der Waals surface area contributed by atoms with Crippen molar-refractivity contribution in [3.8, 4) is 0 Å². The fraction of sp³-hybridized carbons (Fsp3) is 0.318. The second-order valence-electron chi connectivity index (χ2n) is 6.70. The Hall–Kier alpha value is -2.47. The van der Waals surface area contributed by atoms with E-state index in [1.54, 1.807) is 0 Å². The molecule has 0 bridgehead atoms. The Labute approximate surface area is 174 Å². The van der Waals surface area contributed by atoms with Crippen LogP contribution in [0, 0.1) is 0 Å². The molecule has 1 fully saturated rings. The van der Waals surface area contributed by atoms with Crippen LogP contribution in [0.2, 0.25) is 0 Å². The molecule has 2 aliphatic heterocycles. The van der Waals surface area contributed by atoms with Gasteiger partial charge in [-0.25, -0.2) is 5.01 Å². The lowest BCUT2D eigenvalue weighted by atomic mass is 10.0. The summed E-state index contributed by atoms with van der Waals surface area (Å²) in [5, 5.41) is 6.15. The second-order valence-corrected chi connectivity index (χ2v) is 6.70. The van der Waals surface area contributed by atoms with Crippen molar-refractivity contribution < 1.29 is 9.59 Å². The van der Waals surface area contributed by atoms with E-state index in [1.807, 2.05) is 71.4 Å². The van der Waals surface area contributed by atoms with Crippen LogP contribution in [0.4, 0.5) is 0 Å². The van der Waals surface area contributed by atoms with Gasteiger partial charge in [0.1, 0.15) is 0 Å². The molecule has 0 aliphatic carbocycles. The predicted molar refractivity (Wildman–Crippen MR) is 114 cm³/mol. The lowest BCUT2D eigenvalue weighted by Crippen LogP contribution is -2.44. The van der Waals surface area contributed by atoms with E-state index in [4.69, 9.17) is 0 Å². The zero-order valence-electron chi connectivity index (χ0n) is 15.9. The molecule has 28 heavy (non-hydrogen) atoms. The SMILES string of the molecule is CBr.O=C(Cc1ccccc1)N1CC(N2CCCC2=O)C(c2ccccc2)=N1. The number of likely N-dealkylation sites (tertiary alicyclic amines) is 1. The van der Waals surface area contributed by atoms with Crippen molar-refractivity contribution in [3.05, 3.63) is 71.8 Å². The first-order valence-corrected chi connectivity index (χ1v) is 11.0. The Morgan fingerprint density at radius 3 is 2.32 bits per heavy atom. The molecule has 0 spiro atoms. The van der Waals surface area contributed by atoms with E-state index in [2.05, 4.69) is 21.0 Å². The van der Waals surface area contributed by atoms with Crippen molar-refractivity contribution in [2.45, 2.75) is 25.3 Å². The molecule has 2 amide bonds. The molecule has 5 nitrogen and oxygen atoms in total. The summed E-state index contributed by atoms with van der Waals surface area (Å²) in [5.74, 6) is 1.92. The first-order chi connectivity index (χ1) is 13.7. The third-order valence-corrected chi connectivity index (χ3v) is 4.93. The van der Waals surface area contributed by atoms with Gasteiger partial charge >= 0.3 is 0 Å². The number of rotatable bonds is 4. The zero-order chi connectivity index (χ0) is 19.9. The number of amides is 2. The molecular weight excluding hydrogens is 418 g/mol. The van der Waals surface area contributed by atoms with Crippen molar-refractivity contribution in [3.63, 3.8) is 0 Å². The average molecular weight is 442 g/mol. The topological polar surface area (TPSA) is 53.0 Å². The first kappa shape index (κ1) is 20.3. The summed E-state index contributed by atoms with van der Waals surface area (Å²) in [7, 11) is 0. The zero-order valence-corrected chi connectivity index (χ0v) is 17.5. The number of alkyl halides is 1. The molecule has 1 unspecified atom stereocenters. The van der Waals surface area contributed by atoms with Gasteiger partial charge in [0, 0.05) is 13.0 Å². The maximum Gasteiger partial charge on any atom is 0.247 e. The van der Waals surface area contributed by atoms with Crippen molar-refractivity contribution in [2.75, 3.05) is 18.9 Å². The van der Waals surface area contributed by atoms with E-state index in [1.165, 1.54) is 5.01 Å². The standard InChI is InChI=1S/C21H21N3O2.CH3Br/c25-19-12-7-13-23(19)18-15-24(20(26)14-16-8-3-1-4-9-16)22-21(18)17-10-5-2-6-11-17;1-2/h1-6,8-11,18H,7,12-15H2;1H3. The van der Waals surface area contributed by atoms with E-state index in [-0.39, 0.29) is 17.9 Å². The molecule has 146 valence electrons. The molecule has 2 heterocycles. The number of carbonyl (C=O) groups excluding carboxylic acids is 2. The highest BCUT2D eigenvalue weighted by molar-refractivity contribution is 9.08. The van der Waals surface area contributed by atoms with Crippen molar-refractivity contribution in [1.29, 1.82) is 0 Å². The third-order valence-electron chi connectivity index (χ3n) is 4.93. The predicted octanol–water partition coefficient (Wildman–Crippen LogP) is 3.48. The van der Waals surface area contributed by atoms with E-state index in [0.29, 0.717) is 19.4 Å². The van der Waals surface area contributed by atoms with Crippen molar-refractivity contribution in [1.82, 2.24) is 9.91 Å². The molecule has 2 aliphatic rings. The minimum absolute atomic E-state index is 0.0428. The van der Waals surface area contributed by atoms with Crippen LogP contribution in [0.5, 0.6) is 0 Å². The highest BCUT2D eigenvalue weighted by Gasteiger charge is 2.38. The molecule has 2 aromatic rings. The van der Waals surface area contributed by atoms with E-state index < -0.39 is 0 Å². The van der Waals surface area contributed by atoms with Crippen LogP contribution < -0.4 is 0 Å². The normalized spacial score (nSPS) is 18.6. The Kier molecular flexibility index (Phi) is 6.98. The maximum atomic E-state index is 12.7. The van der Waals surface area contributed by atoms with Gasteiger partial charge in [-0.3, -0.25) is 9.59 Å². The first-order valence-electron chi connectivity index (χ1n) is 9.38. The van der Waals surface area contributed by atoms with Crippen LogP contribution in [-0.2, 0) is 16.0 Å². The number of halogens is 1. The summed E-state index contributed by atoms with van der Waals surface area (Å²) >= 11 is 2.94. The fourth-order valence-electron chi connectivity index (χ4n) is 3.61. The van der Waals surface area contributed by atoms with Gasteiger partial charge in [0.15, 0.2) is 0 Å². The number of hydrogen-bond donors (Lipinski definition) is 0. The Morgan fingerprint density at radius 1 is 1.07 bits per heavy atom. The molecule has 0 aromatic heterocycles. The van der Waals surface area contributed by atoms with Gasteiger partial charge in [0.25, 0.3) is 0 Å². The molecule has 0 N–H and O–H groups in total. The number of hydrazone groups is 1. The van der Waals surface area contributed by atoms with E-state index in [0.717, 1.165) is 29.8 Å². The number of hydrogen-bond acceptors (Lipinski definition) is 3. The van der Waals surface area contributed by atoms with Crippen molar-refractivity contribution in [2.24, 2.45) is 5.10 Å². The van der Waals surface area contributed by atoms with Gasteiger partial charge < -0.3 is 4.90 Å². The smallest absolute Gasteiger partial charge is 0.247 e. The van der Waals surface area contributed by atoms with Crippen LogP contribution >= 0.6 is 15.9 Å². The van der Waals surface area contributed by atoms with Crippen LogP contribution in [0.1, 0.15) is 24.0 Å². The van der Waals surface area contributed by atoms with Crippen LogP contribution in [0.25, 0.3) is 0 Å². The quantitative estimate of drug-likeness (QED) is 0.681. The summed E-state index contributed by atoms with van der Waals surface area (Å²) < 4.78 is 0. The highest BCUT2D eigenvalue weighted by Crippen LogP contribution is 2.24. The van der Waals surface area contributed by atoms with Gasteiger partial charge in [-0.15, -0.1) is 0 Å². The Morgan fingerprint density at radius 2 is 1.71 bits per heavy atom. The monoisotopic (exact) mass is 441 g/mol. The second kappa shape index (κ2) is 9.64. The summed E-state index contributed by atoms with van der Waals surface area (Å²) in [4.78, 5) is 26.9. The number of nitrogens with zero attached hydrogens (tertiary/aromatic N) is 3. The largest absolute Gasteiger partial charge is 0.332 e. The van der Waals surface area contributed by atoms with Crippen LogP contribution in [0.15, 0.2) is 65.8 Å². The van der Waals surface area contributed by atoms with Crippen LogP contribution in [0.3, 0.4) is 0 Å². The van der Waals surface area contributed by atoms with Gasteiger partial charge in [-0.2, -0.15) is 5.10 Å². The fourth-order valence-corrected chi connectivity index (χ4v) is 3.61. The summed E-state index contributed by atoms with van der Waals surface area (Å²) in [5.41, 5.74) is 2.74. The molecule has 0 radical (unpaired) electrons. The van der Waals surface area contributed by atoms with E-state index >= 15 is 0 Å². The lowest BCUT2D eigenvalue weighted by Gasteiger charge is -2.25. The summed E-state index contributed by atoms with van der Waals surface area (Å²) in [6, 6.07) is 19.3.